The van der Waals surface area contributed by atoms with E-state index in [1.165, 1.54) is 25.8 Å². The largest absolute Gasteiger partial charge is 0.329 e. The van der Waals surface area contributed by atoms with Crippen molar-refractivity contribution < 1.29 is 0 Å². The lowest BCUT2D eigenvalue weighted by molar-refractivity contribution is 0.203. The lowest BCUT2D eigenvalue weighted by Crippen LogP contribution is -2.40. The van der Waals surface area contributed by atoms with Crippen molar-refractivity contribution in [1.82, 2.24) is 4.90 Å². The molecule has 0 heterocycles. The highest BCUT2D eigenvalue weighted by atomic mass is 15.2. The van der Waals surface area contributed by atoms with Crippen LogP contribution in [-0.4, -0.2) is 30.1 Å². The molecule has 0 spiro atoms. The van der Waals surface area contributed by atoms with Gasteiger partial charge < -0.3 is 5.73 Å². The summed E-state index contributed by atoms with van der Waals surface area (Å²) >= 11 is 0. The van der Waals surface area contributed by atoms with Crippen LogP contribution in [0.3, 0.4) is 0 Å². The molecular weight excluding hydrogens is 136 g/mol. The molecule has 0 aromatic rings. The molecule has 0 saturated heterocycles. The van der Waals surface area contributed by atoms with Crippen LogP contribution in [0, 0.1) is 0 Å². The van der Waals surface area contributed by atoms with Crippen LogP contribution < -0.4 is 5.73 Å². The first kappa shape index (κ1) is 9.01. The normalized spacial score (nSPS) is 20.7. The molecule has 1 saturated carbocycles. The van der Waals surface area contributed by atoms with Crippen molar-refractivity contribution in [3.63, 3.8) is 0 Å². The van der Waals surface area contributed by atoms with Crippen LogP contribution in [0.2, 0.25) is 0 Å². The SMILES string of the molecule is CCCN(C(C)CN)C1CC1. The Morgan fingerprint density at radius 3 is 2.55 bits per heavy atom. The summed E-state index contributed by atoms with van der Waals surface area (Å²) in [6.07, 6.45) is 4.04. The molecule has 1 aliphatic carbocycles. The van der Waals surface area contributed by atoms with Crippen LogP contribution in [0.5, 0.6) is 0 Å². The lowest BCUT2D eigenvalue weighted by Gasteiger charge is -2.27. The second-order valence-electron chi connectivity index (χ2n) is 3.55. The Bertz CT molecular complexity index is 110. The van der Waals surface area contributed by atoms with E-state index in [0.717, 1.165) is 12.6 Å². The topological polar surface area (TPSA) is 29.3 Å². The Balaban J connectivity index is 2.30. The first-order valence-electron chi connectivity index (χ1n) is 4.75. The fourth-order valence-corrected chi connectivity index (χ4v) is 1.56. The summed E-state index contributed by atoms with van der Waals surface area (Å²) in [5, 5.41) is 0. The summed E-state index contributed by atoms with van der Waals surface area (Å²) in [6, 6.07) is 1.45. The van der Waals surface area contributed by atoms with Crippen LogP contribution in [0.1, 0.15) is 33.1 Å². The van der Waals surface area contributed by atoms with E-state index in [9.17, 15) is 0 Å². The summed E-state index contributed by atoms with van der Waals surface area (Å²) in [5.74, 6) is 0. The Kier molecular flexibility index (Phi) is 3.34. The van der Waals surface area contributed by atoms with Crippen LogP contribution >= 0.6 is 0 Å². The van der Waals surface area contributed by atoms with Crippen molar-refractivity contribution in [3.05, 3.63) is 0 Å². The monoisotopic (exact) mass is 156 g/mol. The highest BCUT2D eigenvalue weighted by molar-refractivity contribution is 4.87. The van der Waals surface area contributed by atoms with Crippen molar-refractivity contribution in [2.45, 2.75) is 45.2 Å². The maximum absolute atomic E-state index is 5.63. The second kappa shape index (κ2) is 4.07. The molecule has 0 aliphatic heterocycles. The van der Waals surface area contributed by atoms with Crippen molar-refractivity contribution in [1.29, 1.82) is 0 Å². The highest BCUT2D eigenvalue weighted by Crippen LogP contribution is 2.28. The van der Waals surface area contributed by atoms with Crippen molar-refractivity contribution >= 4 is 0 Å². The minimum absolute atomic E-state index is 0.586. The fourth-order valence-electron chi connectivity index (χ4n) is 1.56. The smallest absolute Gasteiger partial charge is 0.0193 e. The van der Waals surface area contributed by atoms with E-state index in [4.69, 9.17) is 5.73 Å². The molecule has 2 nitrogen and oxygen atoms in total. The van der Waals surface area contributed by atoms with E-state index in [0.29, 0.717) is 6.04 Å². The maximum Gasteiger partial charge on any atom is 0.0193 e. The molecule has 0 bridgehead atoms. The van der Waals surface area contributed by atoms with Gasteiger partial charge in [-0.25, -0.2) is 0 Å². The van der Waals surface area contributed by atoms with Crippen LogP contribution in [-0.2, 0) is 0 Å². The first-order chi connectivity index (χ1) is 5.29. The van der Waals surface area contributed by atoms with E-state index in [-0.39, 0.29) is 0 Å². The van der Waals surface area contributed by atoms with E-state index in [1.807, 2.05) is 0 Å². The van der Waals surface area contributed by atoms with Gasteiger partial charge in [-0.2, -0.15) is 0 Å². The molecule has 1 fully saturated rings. The standard InChI is InChI=1S/C9H20N2/c1-3-6-11(8(2)7-10)9-4-5-9/h8-9H,3-7,10H2,1-2H3. The molecule has 0 aromatic heterocycles. The third kappa shape index (κ3) is 2.46. The van der Waals surface area contributed by atoms with Crippen LogP contribution in [0.4, 0.5) is 0 Å². The van der Waals surface area contributed by atoms with Gasteiger partial charge in [0.05, 0.1) is 0 Å². The zero-order chi connectivity index (χ0) is 8.27. The van der Waals surface area contributed by atoms with Gasteiger partial charge in [0.1, 0.15) is 0 Å². The minimum Gasteiger partial charge on any atom is -0.329 e. The number of hydrogen-bond acceptors (Lipinski definition) is 2. The predicted octanol–water partition coefficient (Wildman–Crippen LogP) is 1.21. The summed E-state index contributed by atoms with van der Waals surface area (Å²) in [5.41, 5.74) is 5.63. The third-order valence-electron chi connectivity index (χ3n) is 2.40. The summed E-state index contributed by atoms with van der Waals surface area (Å²) in [7, 11) is 0. The molecule has 1 atom stereocenters. The van der Waals surface area contributed by atoms with E-state index in [1.54, 1.807) is 0 Å². The van der Waals surface area contributed by atoms with Crippen molar-refractivity contribution in [3.8, 4) is 0 Å². The number of nitrogens with two attached hydrogens (primary N) is 1. The summed E-state index contributed by atoms with van der Waals surface area (Å²) in [6.45, 7) is 6.49. The first-order valence-corrected chi connectivity index (χ1v) is 4.75. The molecule has 1 unspecified atom stereocenters. The van der Waals surface area contributed by atoms with E-state index in [2.05, 4.69) is 18.7 Å². The van der Waals surface area contributed by atoms with Crippen molar-refractivity contribution in [2.75, 3.05) is 13.1 Å². The maximum atomic E-state index is 5.63. The molecular formula is C9H20N2. The van der Waals surface area contributed by atoms with Crippen LogP contribution in [0.25, 0.3) is 0 Å². The Labute approximate surface area is 69.8 Å². The van der Waals surface area contributed by atoms with E-state index < -0.39 is 0 Å². The van der Waals surface area contributed by atoms with Gasteiger partial charge in [-0.1, -0.05) is 6.92 Å². The molecule has 11 heavy (non-hydrogen) atoms. The van der Waals surface area contributed by atoms with Gasteiger partial charge in [0.15, 0.2) is 0 Å². The van der Waals surface area contributed by atoms with Crippen molar-refractivity contribution in [2.24, 2.45) is 5.73 Å². The average molecular weight is 156 g/mol. The summed E-state index contributed by atoms with van der Waals surface area (Å²) < 4.78 is 0. The highest BCUT2D eigenvalue weighted by Gasteiger charge is 2.30. The number of rotatable bonds is 5. The lowest BCUT2D eigenvalue weighted by atomic mass is 10.2. The molecule has 2 N–H and O–H groups in total. The molecule has 0 radical (unpaired) electrons. The van der Waals surface area contributed by atoms with Gasteiger partial charge in [-0.15, -0.1) is 0 Å². The number of hydrogen-bond donors (Lipinski definition) is 1. The molecule has 66 valence electrons. The molecule has 1 aliphatic rings. The van der Waals surface area contributed by atoms with Gasteiger partial charge >= 0.3 is 0 Å². The Morgan fingerprint density at radius 1 is 1.55 bits per heavy atom. The molecule has 0 aromatic carbocycles. The van der Waals surface area contributed by atoms with Gasteiger partial charge in [-0.3, -0.25) is 4.90 Å². The average Bonchev–Trinajstić information content (AvgIpc) is 2.81. The predicted molar refractivity (Wildman–Crippen MR) is 48.5 cm³/mol. The van der Waals surface area contributed by atoms with E-state index >= 15 is 0 Å². The minimum atomic E-state index is 0.586. The Morgan fingerprint density at radius 2 is 2.18 bits per heavy atom. The second-order valence-corrected chi connectivity index (χ2v) is 3.55. The molecule has 2 heteroatoms. The van der Waals surface area contributed by atoms with Gasteiger partial charge in [0.2, 0.25) is 0 Å². The van der Waals surface area contributed by atoms with Crippen LogP contribution in [0.15, 0.2) is 0 Å². The van der Waals surface area contributed by atoms with Gasteiger partial charge in [-0.05, 0) is 32.7 Å². The molecule has 1 rings (SSSR count). The molecule has 0 amide bonds. The zero-order valence-electron chi connectivity index (χ0n) is 7.71. The summed E-state index contributed by atoms with van der Waals surface area (Å²) in [4.78, 5) is 2.56. The fraction of sp³-hybridized carbons (Fsp3) is 1.00. The van der Waals surface area contributed by atoms with Gasteiger partial charge in [0, 0.05) is 18.6 Å². The zero-order valence-corrected chi connectivity index (χ0v) is 7.71. The third-order valence-corrected chi connectivity index (χ3v) is 2.40. The van der Waals surface area contributed by atoms with Gasteiger partial charge in [0.25, 0.3) is 0 Å². The Hall–Kier alpha value is -0.0800. The number of nitrogens with zero attached hydrogens (tertiary/aromatic N) is 1. The quantitative estimate of drug-likeness (QED) is 0.648.